The van der Waals surface area contributed by atoms with Crippen molar-refractivity contribution in [3.8, 4) is 17.2 Å². The smallest absolute Gasteiger partial charge is 0.251 e. The van der Waals surface area contributed by atoms with E-state index in [-0.39, 0.29) is 12.2 Å². The number of benzene rings is 2. The minimum Gasteiger partial charge on any atom is -0.367 e. The quantitative estimate of drug-likeness (QED) is 0.708. The summed E-state index contributed by atoms with van der Waals surface area (Å²) in [6, 6.07) is 10.9. The largest absolute Gasteiger partial charge is 0.367 e. The predicted octanol–water partition coefficient (Wildman–Crippen LogP) is 1.75. The lowest BCUT2D eigenvalue weighted by Gasteiger charge is -2.18. The van der Waals surface area contributed by atoms with Gasteiger partial charge in [0.15, 0.2) is 9.84 Å². The third-order valence-corrected chi connectivity index (χ3v) is 7.57. The zero-order valence-corrected chi connectivity index (χ0v) is 18.3. The second kappa shape index (κ2) is 9.36. The van der Waals surface area contributed by atoms with Gasteiger partial charge in [-0.1, -0.05) is 18.2 Å². The molecule has 32 heavy (non-hydrogen) atoms. The van der Waals surface area contributed by atoms with Gasteiger partial charge in [-0.2, -0.15) is 5.26 Å². The Bertz CT molecular complexity index is 1170. The fraction of sp³-hybridized carbons (Fsp3) is 0.391. The van der Waals surface area contributed by atoms with Gasteiger partial charge in [0.1, 0.15) is 18.0 Å². The maximum atomic E-state index is 14.8. The first-order valence-corrected chi connectivity index (χ1v) is 12.2. The Morgan fingerprint density at radius 1 is 1.28 bits per heavy atom. The highest BCUT2D eigenvalue weighted by atomic mass is 32.2. The summed E-state index contributed by atoms with van der Waals surface area (Å²) in [6.07, 6.45) is 0.611. The van der Waals surface area contributed by atoms with Crippen LogP contribution in [0.2, 0.25) is 0 Å². The van der Waals surface area contributed by atoms with E-state index in [1.54, 1.807) is 30.3 Å². The number of nitrogens with zero attached hydrogens (tertiary/aromatic N) is 1. The molecule has 9 heteroatoms. The van der Waals surface area contributed by atoms with Crippen LogP contribution in [0.1, 0.15) is 17.5 Å². The molecular weight excluding hydrogens is 433 g/mol. The van der Waals surface area contributed by atoms with Gasteiger partial charge < -0.3 is 15.4 Å². The van der Waals surface area contributed by atoms with Crippen LogP contribution in [0.15, 0.2) is 41.3 Å². The molecule has 2 aromatic carbocycles. The number of rotatable bonds is 5. The van der Waals surface area contributed by atoms with E-state index < -0.39 is 33.7 Å². The summed E-state index contributed by atoms with van der Waals surface area (Å²) in [7, 11) is -3.21. The molecule has 4 rings (SSSR count). The third kappa shape index (κ3) is 4.83. The average Bonchev–Trinajstić information content (AvgIpc) is 2.95. The fourth-order valence-electron chi connectivity index (χ4n) is 4.00. The Labute approximate surface area is 186 Å². The average molecular weight is 458 g/mol. The number of carbonyl (C=O) groups is 1. The number of halogens is 1. The molecule has 0 aromatic heterocycles. The molecule has 7 nitrogen and oxygen atoms in total. The molecule has 2 heterocycles. The molecule has 2 aliphatic rings. The van der Waals surface area contributed by atoms with E-state index in [1.807, 2.05) is 6.07 Å². The lowest BCUT2D eigenvalue weighted by atomic mass is 9.98. The van der Waals surface area contributed by atoms with Crippen LogP contribution in [0, 0.1) is 17.1 Å². The van der Waals surface area contributed by atoms with Crippen LogP contribution in [0.3, 0.4) is 0 Å². The van der Waals surface area contributed by atoms with Gasteiger partial charge in [-0.3, -0.25) is 4.79 Å². The van der Waals surface area contributed by atoms with Gasteiger partial charge in [0.25, 0.3) is 5.91 Å². The van der Waals surface area contributed by atoms with Gasteiger partial charge in [-0.15, -0.1) is 0 Å². The number of hydrogen-bond donors (Lipinski definition) is 2. The number of aryl methyl sites for hydroxylation is 1. The van der Waals surface area contributed by atoms with Crippen molar-refractivity contribution < 1.29 is 22.3 Å². The SMILES string of the molecule is N#CC(Cc1ccc(-c2ccc3c(c2)CCS3(=O)=O)cc1F)NC(=O)C1CNCCCO1. The van der Waals surface area contributed by atoms with Gasteiger partial charge >= 0.3 is 0 Å². The van der Waals surface area contributed by atoms with Crippen molar-refractivity contribution in [3.63, 3.8) is 0 Å². The molecule has 2 atom stereocenters. The normalized spacial score (nSPS) is 20.6. The molecule has 2 N–H and O–H groups in total. The van der Waals surface area contributed by atoms with Gasteiger partial charge in [0, 0.05) is 19.6 Å². The first-order chi connectivity index (χ1) is 15.4. The Balaban J connectivity index is 1.46. The maximum Gasteiger partial charge on any atom is 0.251 e. The Morgan fingerprint density at radius 2 is 2.06 bits per heavy atom. The van der Waals surface area contributed by atoms with Crippen LogP contribution in [-0.4, -0.2) is 51.9 Å². The Kier molecular flexibility index (Phi) is 6.55. The summed E-state index contributed by atoms with van der Waals surface area (Å²) in [6.45, 7) is 1.60. The van der Waals surface area contributed by atoms with Gasteiger partial charge in [-0.05, 0) is 59.8 Å². The maximum absolute atomic E-state index is 14.8. The van der Waals surface area contributed by atoms with E-state index in [2.05, 4.69) is 10.6 Å². The lowest BCUT2D eigenvalue weighted by molar-refractivity contribution is -0.132. The minimum atomic E-state index is -3.21. The van der Waals surface area contributed by atoms with Crippen LogP contribution in [0.4, 0.5) is 4.39 Å². The number of hydrogen-bond acceptors (Lipinski definition) is 6. The van der Waals surface area contributed by atoms with Gasteiger partial charge in [-0.25, -0.2) is 12.8 Å². The Morgan fingerprint density at radius 3 is 2.84 bits per heavy atom. The molecule has 1 saturated heterocycles. The van der Waals surface area contributed by atoms with E-state index in [0.717, 1.165) is 24.1 Å². The summed E-state index contributed by atoms with van der Waals surface area (Å²) < 4.78 is 44.3. The minimum absolute atomic E-state index is 0.0247. The van der Waals surface area contributed by atoms with E-state index in [4.69, 9.17) is 4.74 Å². The fourth-order valence-corrected chi connectivity index (χ4v) is 5.55. The molecule has 2 aromatic rings. The topological polar surface area (TPSA) is 108 Å². The van der Waals surface area contributed by atoms with Crippen LogP contribution in [-0.2, 0) is 32.2 Å². The van der Waals surface area contributed by atoms with Crippen LogP contribution in [0.5, 0.6) is 0 Å². The molecule has 0 aliphatic carbocycles. The van der Waals surface area contributed by atoms with Crippen molar-refractivity contribution >= 4 is 15.7 Å². The summed E-state index contributed by atoms with van der Waals surface area (Å²) in [5.41, 5.74) is 2.40. The number of amides is 1. The van der Waals surface area contributed by atoms with Crippen molar-refractivity contribution in [2.45, 2.75) is 36.3 Å². The number of sulfone groups is 1. The monoisotopic (exact) mass is 457 g/mol. The molecule has 1 amide bonds. The number of ether oxygens (including phenoxy) is 1. The van der Waals surface area contributed by atoms with Gasteiger partial charge in [0.05, 0.1) is 16.7 Å². The number of fused-ring (bicyclic) bond motifs is 1. The number of carbonyl (C=O) groups excluding carboxylic acids is 1. The van der Waals surface area contributed by atoms with Crippen molar-refractivity contribution in [3.05, 3.63) is 53.3 Å². The first kappa shape index (κ1) is 22.4. The van der Waals surface area contributed by atoms with E-state index in [1.165, 1.54) is 6.07 Å². The van der Waals surface area contributed by atoms with Crippen molar-refractivity contribution in [1.29, 1.82) is 5.26 Å². The van der Waals surface area contributed by atoms with Crippen molar-refractivity contribution in [2.24, 2.45) is 0 Å². The molecule has 2 unspecified atom stereocenters. The van der Waals surface area contributed by atoms with E-state index in [9.17, 15) is 22.9 Å². The number of nitriles is 1. The van der Waals surface area contributed by atoms with Gasteiger partial charge in [0.2, 0.25) is 0 Å². The van der Waals surface area contributed by atoms with Crippen LogP contribution >= 0.6 is 0 Å². The van der Waals surface area contributed by atoms with Crippen LogP contribution < -0.4 is 10.6 Å². The van der Waals surface area contributed by atoms with Crippen molar-refractivity contribution in [2.75, 3.05) is 25.4 Å². The van der Waals surface area contributed by atoms with E-state index >= 15 is 0 Å². The summed E-state index contributed by atoms with van der Waals surface area (Å²) in [5, 5.41) is 15.2. The summed E-state index contributed by atoms with van der Waals surface area (Å²) in [4.78, 5) is 12.8. The molecular formula is C23H24FN3O4S. The lowest BCUT2D eigenvalue weighted by Crippen LogP contribution is -2.46. The highest BCUT2D eigenvalue weighted by Crippen LogP contribution is 2.31. The second-order valence-corrected chi connectivity index (χ2v) is 10.1. The predicted molar refractivity (Wildman–Crippen MR) is 116 cm³/mol. The summed E-state index contributed by atoms with van der Waals surface area (Å²) in [5.74, 6) is -0.781. The first-order valence-electron chi connectivity index (χ1n) is 10.5. The summed E-state index contributed by atoms with van der Waals surface area (Å²) >= 11 is 0. The number of nitrogens with one attached hydrogen (secondary N) is 2. The van der Waals surface area contributed by atoms with Crippen molar-refractivity contribution in [1.82, 2.24) is 10.6 Å². The zero-order chi connectivity index (χ0) is 22.7. The highest BCUT2D eigenvalue weighted by Gasteiger charge is 2.26. The molecule has 0 radical (unpaired) electrons. The molecule has 0 bridgehead atoms. The molecule has 168 valence electrons. The molecule has 0 spiro atoms. The second-order valence-electron chi connectivity index (χ2n) is 8.01. The standard InChI is InChI=1S/C23H24FN3O4S/c24-20-12-16(15-4-5-22-18(10-15)6-9-32(22,29)30)2-3-17(20)11-19(13-25)27-23(28)21-14-26-7-1-8-31-21/h2-5,10,12,19,21,26H,1,6-9,11,14H2,(H,27,28). The third-order valence-electron chi connectivity index (χ3n) is 5.76. The van der Waals surface area contributed by atoms with Crippen LogP contribution in [0.25, 0.3) is 11.1 Å². The zero-order valence-electron chi connectivity index (χ0n) is 17.4. The molecule has 1 fully saturated rings. The Hall–Kier alpha value is -2.80. The highest BCUT2D eigenvalue weighted by molar-refractivity contribution is 7.91. The van der Waals surface area contributed by atoms with E-state index in [0.29, 0.717) is 35.6 Å². The molecule has 2 aliphatic heterocycles. The molecule has 0 saturated carbocycles.